The minimum Gasteiger partial charge on any atom is -0.361 e. The van der Waals surface area contributed by atoms with Gasteiger partial charge in [-0.1, -0.05) is 46.0 Å². The molecule has 2 atom stereocenters. The van der Waals surface area contributed by atoms with Crippen LogP contribution in [0.5, 0.6) is 0 Å². The average molecular weight is 463 g/mol. The molecule has 0 bridgehead atoms. The van der Waals surface area contributed by atoms with Gasteiger partial charge in [0.05, 0.1) is 11.0 Å². The molecule has 32 heavy (non-hydrogen) atoms. The molecule has 4 aliphatic rings. The van der Waals surface area contributed by atoms with Crippen LogP contribution in [0, 0.1) is 29.1 Å². The van der Waals surface area contributed by atoms with Gasteiger partial charge in [0.25, 0.3) is 10.1 Å². The van der Waals surface area contributed by atoms with Crippen LogP contribution in [0.25, 0.3) is 5.53 Å². The van der Waals surface area contributed by atoms with E-state index in [2.05, 4.69) is 18.6 Å². The highest BCUT2D eigenvalue weighted by molar-refractivity contribution is 7.90. The first-order valence-corrected chi connectivity index (χ1v) is 14.1. The van der Waals surface area contributed by atoms with Gasteiger partial charge >= 0.3 is 5.71 Å². The molecule has 4 rings (SSSR count). The van der Waals surface area contributed by atoms with Gasteiger partial charge in [-0.05, 0) is 68.6 Å². The zero-order valence-electron chi connectivity index (χ0n) is 19.6. The molecule has 0 heterocycles. The van der Waals surface area contributed by atoms with E-state index in [-0.39, 0.29) is 28.4 Å². The fourth-order valence-electron chi connectivity index (χ4n) is 6.94. The molecule has 0 amide bonds. The monoisotopic (exact) mass is 462 g/mol. The first kappa shape index (κ1) is 23.8. The number of carbonyl (C=O) groups is 1. The summed E-state index contributed by atoms with van der Waals surface area (Å²) in [6, 6.07) is 0. The molecule has 2 unspecified atom stereocenters. The van der Waals surface area contributed by atoms with Gasteiger partial charge in [-0.15, -0.1) is 0 Å². The molecule has 0 aromatic heterocycles. The molecular formula is C25H38N2O4S. The molecule has 6 nitrogen and oxygen atoms in total. The molecule has 3 saturated carbocycles. The summed E-state index contributed by atoms with van der Waals surface area (Å²) in [5, 5.41) is 0. The van der Waals surface area contributed by atoms with Crippen molar-refractivity contribution in [1.29, 1.82) is 0 Å². The summed E-state index contributed by atoms with van der Waals surface area (Å²) in [7, 11) is -3.98. The highest BCUT2D eigenvalue weighted by Crippen LogP contribution is 2.49. The lowest BCUT2D eigenvalue weighted by molar-refractivity contribution is -0.123. The number of Topliss-reactive ketones (excluding diaryl/α,β-unsaturated/α-hetero) is 1. The van der Waals surface area contributed by atoms with Gasteiger partial charge in [0.15, 0.2) is 0 Å². The summed E-state index contributed by atoms with van der Waals surface area (Å²) in [6.07, 6.45) is 14.2. The Hall–Kier alpha value is -1.30. The van der Waals surface area contributed by atoms with Crippen LogP contribution in [0.3, 0.4) is 0 Å². The average Bonchev–Trinajstić information content (AvgIpc) is 2.80. The zero-order valence-corrected chi connectivity index (χ0v) is 20.4. The Bertz CT molecular complexity index is 902. The van der Waals surface area contributed by atoms with Crippen LogP contribution in [-0.4, -0.2) is 30.8 Å². The topological polar surface area (TPSA) is 96.8 Å². The van der Waals surface area contributed by atoms with Gasteiger partial charge in [-0.25, -0.2) is 0 Å². The van der Waals surface area contributed by atoms with Crippen molar-refractivity contribution >= 4 is 21.6 Å². The lowest BCUT2D eigenvalue weighted by Gasteiger charge is -2.45. The molecule has 0 aliphatic heterocycles. The number of allylic oxidation sites excluding steroid dienone is 2. The predicted octanol–water partition coefficient (Wildman–Crippen LogP) is 5.44. The van der Waals surface area contributed by atoms with Crippen LogP contribution < -0.4 is 0 Å². The van der Waals surface area contributed by atoms with Crippen LogP contribution in [-0.2, 0) is 19.1 Å². The molecule has 7 heteroatoms. The summed E-state index contributed by atoms with van der Waals surface area (Å²) in [5.41, 5.74) is 9.39. The molecule has 0 aromatic carbocycles. The predicted molar refractivity (Wildman–Crippen MR) is 123 cm³/mol. The standard InChI is InChI=1S/C25H38N2O4S/c1-25(2,17-8-4-3-5-9-17)18-12-14-19(15-13-18)31-32(29,30)23-16-22(27-26)24(28)21-11-7-6-10-20(21)23/h16-21H,3-15H2,1-2H3. The lowest BCUT2D eigenvalue weighted by atomic mass is 9.61. The molecule has 0 spiro atoms. The van der Waals surface area contributed by atoms with Gasteiger partial charge in [-0.3, -0.25) is 8.98 Å². The van der Waals surface area contributed by atoms with E-state index >= 15 is 0 Å². The zero-order chi connectivity index (χ0) is 22.9. The normalized spacial score (nSPS) is 32.8. The van der Waals surface area contributed by atoms with Crippen molar-refractivity contribution in [1.82, 2.24) is 0 Å². The van der Waals surface area contributed by atoms with Gasteiger partial charge in [0, 0.05) is 17.9 Å². The first-order valence-electron chi connectivity index (χ1n) is 12.6. The van der Waals surface area contributed by atoms with E-state index in [9.17, 15) is 18.7 Å². The van der Waals surface area contributed by atoms with Crippen molar-refractivity contribution in [3.05, 3.63) is 16.5 Å². The summed E-state index contributed by atoms with van der Waals surface area (Å²) in [5.74, 6) is 0.359. The number of ketones is 1. The van der Waals surface area contributed by atoms with Crippen LogP contribution in [0.15, 0.2) is 11.0 Å². The summed E-state index contributed by atoms with van der Waals surface area (Å²) < 4.78 is 32.3. The molecule has 178 valence electrons. The highest BCUT2D eigenvalue weighted by atomic mass is 32.2. The van der Waals surface area contributed by atoms with Crippen LogP contribution in [0.1, 0.15) is 97.3 Å². The number of hydrogen-bond acceptors (Lipinski definition) is 4. The van der Waals surface area contributed by atoms with Gasteiger partial charge in [0.2, 0.25) is 5.78 Å². The Morgan fingerprint density at radius 1 is 0.875 bits per heavy atom. The molecule has 0 aromatic rings. The number of fused-ring (bicyclic) bond motifs is 1. The number of carbonyl (C=O) groups excluding carboxylic acids is 1. The van der Waals surface area contributed by atoms with Crippen LogP contribution >= 0.6 is 0 Å². The van der Waals surface area contributed by atoms with E-state index < -0.39 is 16.0 Å². The smallest absolute Gasteiger partial charge is 0.359 e. The van der Waals surface area contributed by atoms with Crippen molar-refractivity contribution in [2.75, 3.05) is 0 Å². The van der Waals surface area contributed by atoms with E-state index in [1.807, 2.05) is 0 Å². The second kappa shape index (κ2) is 9.52. The maximum absolute atomic E-state index is 13.3. The minimum absolute atomic E-state index is 0.138. The van der Waals surface area contributed by atoms with Crippen molar-refractivity contribution in [3.8, 4) is 0 Å². The van der Waals surface area contributed by atoms with Crippen LogP contribution in [0.4, 0.5) is 0 Å². The van der Waals surface area contributed by atoms with E-state index in [1.165, 1.54) is 38.2 Å². The Kier molecular flexibility index (Phi) is 7.09. The minimum atomic E-state index is -3.98. The summed E-state index contributed by atoms with van der Waals surface area (Å²) in [6.45, 7) is 4.82. The molecule has 0 radical (unpaired) electrons. The van der Waals surface area contributed by atoms with Gasteiger partial charge in [-0.2, -0.15) is 13.2 Å². The quantitative estimate of drug-likeness (QED) is 0.308. The Labute approximate surface area is 192 Å². The Balaban J connectivity index is 1.43. The number of nitrogens with zero attached hydrogens (tertiary/aromatic N) is 2. The van der Waals surface area contributed by atoms with E-state index in [1.54, 1.807) is 0 Å². The molecule has 3 fully saturated rings. The largest absolute Gasteiger partial charge is 0.361 e. The van der Waals surface area contributed by atoms with Gasteiger partial charge in [0.1, 0.15) is 0 Å². The van der Waals surface area contributed by atoms with E-state index in [0.717, 1.165) is 44.4 Å². The first-order chi connectivity index (χ1) is 15.2. The molecule has 0 saturated heterocycles. The highest BCUT2D eigenvalue weighted by Gasteiger charge is 2.47. The summed E-state index contributed by atoms with van der Waals surface area (Å²) >= 11 is 0. The number of hydrogen-bond donors (Lipinski definition) is 0. The Morgan fingerprint density at radius 2 is 1.44 bits per heavy atom. The SMILES string of the molecule is CC(C)(C1CCCCC1)C1CCC(OS(=O)(=O)C2=CC(=[N+]=[N-])C(=O)C3CCCCC23)CC1. The van der Waals surface area contributed by atoms with Crippen molar-refractivity contribution in [2.45, 2.75) is 103 Å². The maximum atomic E-state index is 13.3. The second-order valence-electron chi connectivity index (χ2n) is 11.1. The molecule has 0 N–H and O–H groups in total. The lowest BCUT2D eigenvalue weighted by Crippen LogP contribution is -2.41. The van der Waals surface area contributed by atoms with Crippen molar-refractivity contribution in [2.24, 2.45) is 29.1 Å². The van der Waals surface area contributed by atoms with E-state index in [4.69, 9.17) is 4.18 Å². The third-order valence-electron chi connectivity index (χ3n) is 9.04. The van der Waals surface area contributed by atoms with Crippen molar-refractivity contribution < 1.29 is 22.2 Å². The summed E-state index contributed by atoms with van der Waals surface area (Å²) in [4.78, 5) is 15.8. The van der Waals surface area contributed by atoms with E-state index in [0.29, 0.717) is 24.2 Å². The number of rotatable bonds is 5. The maximum Gasteiger partial charge on any atom is 0.359 e. The van der Waals surface area contributed by atoms with Gasteiger partial charge < -0.3 is 5.53 Å². The molecule has 4 aliphatic carbocycles. The van der Waals surface area contributed by atoms with Crippen molar-refractivity contribution in [3.63, 3.8) is 0 Å². The molecular weight excluding hydrogens is 424 g/mol. The third-order valence-corrected chi connectivity index (χ3v) is 10.6. The fourth-order valence-corrected chi connectivity index (χ4v) is 8.51. The fraction of sp³-hybridized carbons (Fsp3) is 0.840. The second-order valence-corrected chi connectivity index (χ2v) is 12.6. The third kappa shape index (κ3) is 4.67. The van der Waals surface area contributed by atoms with Crippen LogP contribution in [0.2, 0.25) is 0 Å². The Morgan fingerprint density at radius 3 is 2.06 bits per heavy atom.